The third kappa shape index (κ3) is 2.78. The van der Waals surface area contributed by atoms with Gasteiger partial charge in [0.05, 0.1) is 6.54 Å². The molecule has 2 aromatic heterocycles. The summed E-state index contributed by atoms with van der Waals surface area (Å²) in [6, 6.07) is 9.83. The van der Waals surface area contributed by atoms with E-state index in [4.69, 9.17) is 4.52 Å². The van der Waals surface area contributed by atoms with Crippen LogP contribution in [0.5, 0.6) is 0 Å². The van der Waals surface area contributed by atoms with Crippen molar-refractivity contribution in [3.05, 3.63) is 52.0 Å². The van der Waals surface area contributed by atoms with E-state index in [0.717, 1.165) is 32.5 Å². The molecule has 3 rings (SSSR count). The van der Waals surface area contributed by atoms with Gasteiger partial charge in [0.1, 0.15) is 18.0 Å². The molecule has 22 heavy (non-hydrogen) atoms. The quantitative estimate of drug-likeness (QED) is 0.775. The molecular weight excluding hydrogens is 346 g/mol. The van der Waals surface area contributed by atoms with Gasteiger partial charge in [-0.3, -0.25) is 4.79 Å². The van der Waals surface area contributed by atoms with Gasteiger partial charge in [0.25, 0.3) is 0 Å². The minimum absolute atomic E-state index is 0.0583. The normalized spacial score (nSPS) is 11.0. The van der Waals surface area contributed by atoms with Crippen molar-refractivity contribution in [2.45, 2.75) is 26.9 Å². The van der Waals surface area contributed by atoms with Crippen molar-refractivity contribution >= 4 is 32.7 Å². The minimum atomic E-state index is -0.0583. The third-order valence-electron chi connectivity index (χ3n) is 3.60. The Kier molecular flexibility index (Phi) is 4.02. The highest BCUT2D eigenvalue weighted by Gasteiger charge is 2.14. The van der Waals surface area contributed by atoms with Crippen molar-refractivity contribution in [1.29, 1.82) is 0 Å². The molecule has 0 atom stereocenters. The standard InChI is InChI=1S/C16H16BrN3O2/c1-10-7-12(19-22-10)8-18-15(21)9-20-11(2)16(17)13-5-3-4-6-14(13)20/h3-7H,8-9H2,1-2H3,(H,18,21). The van der Waals surface area contributed by atoms with Gasteiger partial charge in [-0.1, -0.05) is 23.4 Å². The van der Waals surface area contributed by atoms with Crippen LogP contribution in [0.25, 0.3) is 10.9 Å². The maximum atomic E-state index is 12.2. The van der Waals surface area contributed by atoms with Crippen LogP contribution in [0.1, 0.15) is 17.1 Å². The average molecular weight is 362 g/mol. The van der Waals surface area contributed by atoms with Crippen molar-refractivity contribution in [2.75, 3.05) is 0 Å². The zero-order chi connectivity index (χ0) is 15.7. The maximum absolute atomic E-state index is 12.2. The molecule has 0 bridgehead atoms. The molecule has 0 aliphatic heterocycles. The number of carbonyl (C=O) groups excluding carboxylic acids is 1. The lowest BCUT2D eigenvalue weighted by atomic mass is 10.2. The molecule has 0 saturated carbocycles. The Labute approximate surface area is 136 Å². The zero-order valence-corrected chi connectivity index (χ0v) is 14.0. The van der Waals surface area contributed by atoms with E-state index in [1.165, 1.54) is 0 Å². The van der Waals surface area contributed by atoms with Crippen LogP contribution in [0, 0.1) is 13.8 Å². The first-order valence-electron chi connectivity index (χ1n) is 6.98. The lowest BCUT2D eigenvalue weighted by Crippen LogP contribution is -2.27. The van der Waals surface area contributed by atoms with E-state index in [2.05, 4.69) is 26.4 Å². The van der Waals surface area contributed by atoms with Gasteiger partial charge in [0, 0.05) is 27.1 Å². The topological polar surface area (TPSA) is 60.1 Å². The summed E-state index contributed by atoms with van der Waals surface area (Å²) in [4.78, 5) is 12.2. The lowest BCUT2D eigenvalue weighted by Gasteiger charge is -2.08. The van der Waals surface area contributed by atoms with Crippen molar-refractivity contribution in [1.82, 2.24) is 15.0 Å². The summed E-state index contributed by atoms with van der Waals surface area (Å²) in [5.74, 6) is 0.678. The van der Waals surface area contributed by atoms with E-state index in [0.29, 0.717) is 6.54 Å². The number of benzene rings is 1. The summed E-state index contributed by atoms with van der Waals surface area (Å²) in [6.07, 6.45) is 0. The van der Waals surface area contributed by atoms with E-state index in [1.54, 1.807) is 0 Å². The average Bonchev–Trinajstić information content (AvgIpc) is 3.03. The number of nitrogens with one attached hydrogen (secondary N) is 1. The van der Waals surface area contributed by atoms with Gasteiger partial charge in [-0.15, -0.1) is 0 Å². The number of hydrogen-bond acceptors (Lipinski definition) is 3. The van der Waals surface area contributed by atoms with Crippen LogP contribution >= 0.6 is 15.9 Å². The van der Waals surface area contributed by atoms with E-state index >= 15 is 0 Å². The molecule has 0 saturated heterocycles. The first-order chi connectivity index (χ1) is 10.6. The van der Waals surface area contributed by atoms with Gasteiger partial charge in [-0.05, 0) is 35.8 Å². The van der Waals surface area contributed by atoms with Crippen LogP contribution in [0.15, 0.2) is 39.3 Å². The Balaban J connectivity index is 1.75. The van der Waals surface area contributed by atoms with E-state index < -0.39 is 0 Å². The number of rotatable bonds is 4. The van der Waals surface area contributed by atoms with Gasteiger partial charge in [-0.2, -0.15) is 0 Å². The van der Waals surface area contributed by atoms with E-state index in [9.17, 15) is 4.79 Å². The molecule has 0 spiro atoms. The SMILES string of the molecule is Cc1cc(CNC(=O)Cn2c(C)c(Br)c3ccccc32)no1. The lowest BCUT2D eigenvalue weighted by molar-refractivity contribution is -0.121. The second kappa shape index (κ2) is 5.96. The van der Waals surface area contributed by atoms with Gasteiger partial charge < -0.3 is 14.4 Å². The molecule has 1 amide bonds. The number of aryl methyl sites for hydroxylation is 1. The Bertz CT molecular complexity index is 835. The second-order valence-electron chi connectivity index (χ2n) is 5.21. The Hall–Kier alpha value is -2.08. The summed E-state index contributed by atoms with van der Waals surface area (Å²) in [5.41, 5.74) is 2.80. The molecule has 0 aliphatic rings. The number of halogens is 1. The van der Waals surface area contributed by atoms with E-state index in [1.807, 2.05) is 48.7 Å². The molecule has 1 aromatic carbocycles. The Morgan fingerprint density at radius 1 is 1.36 bits per heavy atom. The van der Waals surface area contributed by atoms with Crippen LogP contribution in [0.2, 0.25) is 0 Å². The van der Waals surface area contributed by atoms with Gasteiger partial charge in [-0.25, -0.2) is 0 Å². The highest BCUT2D eigenvalue weighted by molar-refractivity contribution is 9.10. The molecule has 1 N–H and O–H groups in total. The van der Waals surface area contributed by atoms with Gasteiger partial charge >= 0.3 is 0 Å². The zero-order valence-electron chi connectivity index (χ0n) is 12.4. The molecule has 0 aliphatic carbocycles. The summed E-state index contributed by atoms with van der Waals surface area (Å²) in [7, 11) is 0. The first-order valence-corrected chi connectivity index (χ1v) is 7.78. The fourth-order valence-electron chi connectivity index (χ4n) is 2.48. The first kappa shape index (κ1) is 14.8. The van der Waals surface area contributed by atoms with Crippen LogP contribution in [0.4, 0.5) is 0 Å². The highest BCUT2D eigenvalue weighted by Crippen LogP contribution is 2.30. The van der Waals surface area contributed by atoms with Gasteiger partial charge in [0.2, 0.25) is 5.91 Å². The molecular formula is C16H16BrN3O2. The summed E-state index contributed by atoms with van der Waals surface area (Å²) >= 11 is 3.60. The van der Waals surface area contributed by atoms with Crippen LogP contribution < -0.4 is 5.32 Å². The molecule has 2 heterocycles. The minimum Gasteiger partial charge on any atom is -0.361 e. The fourth-order valence-corrected chi connectivity index (χ4v) is 3.03. The molecule has 5 nitrogen and oxygen atoms in total. The summed E-state index contributed by atoms with van der Waals surface area (Å²) in [5, 5.41) is 7.84. The fraction of sp³-hybridized carbons (Fsp3) is 0.250. The van der Waals surface area contributed by atoms with Crippen molar-refractivity contribution < 1.29 is 9.32 Å². The van der Waals surface area contributed by atoms with Crippen LogP contribution in [-0.4, -0.2) is 15.6 Å². The molecule has 0 unspecified atom stereocenters. The molecule has 0 radical (unpaired) electrons. The number of para-hydroxylation sites is 1. The summed E-state index contributed by atoms with van der Waals surface area (Å²) in [6.45, 7) is 4.47. The second-order valence-corrected chi connectivity index (χ2v) is 6.00. The predicted octanol–water partition coefficient (Wildman–Crippen LogP) is 3.33. The number of aromatic nitrogens is 2. The van der Waals surface area contributed by atoms with Gasteiger partial charge in [0.15, 0.2) is 0 Å². The van der Waals surface area contributed by atoms with Crippen molar-refractivity contribution in [3.63, 3.8) is 0 Å². The summed E-state index contributed by atoms with van der Waals surface area (Å²) < 4.78 is 8.02. The largest absolute Gasteiger partial charge is 0.361 e. The number of hydrogen-bond donors (Lipinski definition) is 1. The maximum Gasteiger partial charge on any atom is 0.240 e. The Morgan fingerprint density at radius 3 is 2.86 bits per heavy atom. The molecule has 3 aromatic rings. The van der Waals surface area contributed by atoms with Crippen LogP contribution in [-0.2, 0) is 17.9 Å². The third-order valence-corrected chi connectivity index (χ3v) is 4.60. The monoisotopic (exact) mass is 361 g/mol. The van der Waals surface area contributed by atoms with E-state index in [-0.39, 0.29) is 12.5 Å². The smallest absolute Gasteiger partial charge is 0.240 e. The number of fused-ring (bicyclic) bond motifs is 1. The van der Waals surface area contributed by atoms with Crippen molar-refractivity contribution in [3.8, 4) is 0 Å². The Morgan fingerprint density at radius 2 is 2.14 bits per heavy atom. The molecule has 0 fully saturated rings. The number of nitrogens with zero attached hydrogens (tertiary/aromatic N) is 2. The molecule has 6 heteroatoms. The highest BCUT2D eigenvalue weighted by atomic mass is 79.9. The number of carbonyl (C=O) groups is 1. The molecule has 114 valence electrons. The van der Waals surface area contributed by atoms with Crippen molar-refractivity contribution in [2.24, 2.45) is 0 Å². The van der Waals surface area contributed by atoms with Crippen LogP contribution in [0.3, 0.4) is 0 Å². The number of amides is 1. The predicted molar refractivity (Wildman–Crippen MR) is 87.5 cm³/mol.